The third-order valence-corrected chi connectivity index (χ3v) is 3.57. The third kappa shape index (κ3) is 3.48. The number of aromatic nitrogens is 1. The molecule has 3 nitrogen and oxygen atoms in total. The van der Waals surface area contributed by atoms with Gasteiger partial charge in [0.25, 0.3) is 0 Å². The van der Waals surface area contributed by atoms with E-state index in [-0.39, 0.29) is 0 Å². The molecule has 1 aromatic carbocycles. The first kappa shape index (κ1) is 15.6. The highest BCUT2D eigenvalue weighted by Gasteiger charge is 2.13. The summed E-state index contributed by atoms with van der Waals surface area (Å²) >= 11 is 6.07. The fraction of sp³-hybridized carbons (Fsp3) is 0.353. The molecule has 0 radical (unpaired) electrons. The highest BCUT2D eigenvalue weighted by molar-refractivity contribution is 6.30. The van der Waals surface area contributed by atoms with E-state index in [1.165, 1.54) is 0 Å². The van der Waals surface area contributed by atoms with Crippen molar-refractivity contribution in [3.8, 4) is 11.6 Å². The summed E-state index contributed by atoms with van der Waals surface area (Å²) in [7, 11) is 0. The molecule has 0 saturated carbocycles. The van der Waals surface area contributed by atoms with Gasteiger partial charge in [0.1, 0.15) is 5.75 Å². The van der Waals surface area contributed by atoms with Crippen LogP contribution in [0.4, 0.5) is 5.69 Å². The lowest BCUT2D eigenvalue weighted by Crippen LogP contribution is -2.03. The van der Waals surface area contributed by atoms with Gasteiger partial charge in [-0.25, -0.2) is 4.98 Å². The summed E-state index contributed by atoms with van der Waals surface area (Å²) in [6.45, 7) is 10.9. The monoisotopic (exact) mass is 304 g/mol. The fourth-order valence-corrected chi connectivity index (χ4v) is 2.66. The molecule has 1 aromatic heterocycles. The van der Waals surface area contributed by atoms with Crippen molar-refractivity contribution in [3.05, 3.63) is 45.6 Å². The third-order valence-electron chi connectivity index (χ3n) is 3.35. The van der Waals surface area contributed by atoms with Crippen molar-refractivity contribution in [2.75, 3.05) is 11.9 Å². The van der Waals surface area contributed by atoms with Gasteiger partial charge in [-0.05, 0) is 63.9 Å². The molecular weight excluding hydrogens is 284 g/mol. The smallest absolute Gasteiger partial charge is 0.224 e. The Bertz CT molecular complexity index is 645. The molecule has 21 heavy (non-hydrogen) atoms. The molecule has 0 fully saturated rings. The number of anilines is 1. The number of nitrogens with one attached hydrogen (secondary N) is 1. The van der Waals surface area contributed by atoms with Crippen molar-refractivity contribution >= 4 is 17.3 Å². The van der Waals surface area contributed by atoms with Crippen LogP contribution in [0.1, 0.15) is 29.3 Å². The Morgan fingerprint density at radius 3 is 2.29 bits per heavy atom. The number of hydrogen-bond donors (Lipinski definition) is 1. The van der Waals surface area contributed by atoms with Crippen molar-refractivity contribution in [3.63, 3.8) is 0 Å². The molecular formula is C17H21ClN2O. The molecule has 0 aliphatic heterocycles. The second-order valence-corrected chi connectivity index (χ2v) is 5.68. The second kappa shape index (κ2) is 6.35. The van der Waals surface area contributed by atoms with E-state index in [0.717, 1.165) is 45.4 Å². The molecule has 0 amide bonds. The van der Waals surface area contributed by atoms with Gasteiger partial charge in [-0.3, -0.25) is 0 Å². The Labute approximate surface area is 131 Å². The Hall–Kier alpha value is -1.74. The van der Waals surface area contributed by atoms with Crippen LogP contribution in [0.25, 0.3) is 0 Å². The molecule has 0 unspecified atom stereocenters. The van der Waals surface area contributed by atoms with Crippen LogP contribution in [0.15, 0.2) is 18.2 Å². The second-order valence-electron chi connectivity index (χ2n) is 5.24. The molecule has 4 heteroatoms. The van der Waals surface area contributed by atoms with E-state index in [1.54, 1.807) is 0 Å². The van der Waals surface area contributed by atoms with Gasteiger partial charge in [0.05, 0.1) is 0 Å². The standard InChI is InChI=1S/C17H21ClN2O/c1-6-19-15-9-12(4)20-17(13(15)5)21-16-10(2)7-14(18)8-11(16)3/h7-9H,6H2,1-5H3,(H,19,20). The lowest BCUT2D eigenvalue weighted by molar-refractivity contribution is 0.451. The first-order chi connectivity index (χ1) is 9.92. The Balaban J connectivity index is 2.45. The minimum atomic E-state index is 0.638. The van der Waals surface area contributed by atoms with E-state index >= 15 is 0 Å². The summed E-state index contributed by atoms with van der Waals surface area (Å²) in [5.41, 5.74) is 5.01. The Morgan fingerprint density at radius 1 is 1.10 bits per heavy atom. The molecule has 0 saturated heterocycles. The van der Waals surface area contributed by atoms with Gasteiger partial charge in [0.2, 0.25) is 5.88 Å². The normalized spacial score (nSPS) is 10.6. The molecule has 2 aromatic rings. The highest BCUT2D eigenvalue weighted by Crippen LogP contribution is 2.34. The number of pyridine rings is 1. The summed E-state index contributed by atoms with van der Waals surface area (Å²) in [4.78, 5) is 4.52. The van der Waals surface area contributed by atoms with Crippen molar-refractivity contribution < 1.29 is 4.74 Å². The summed E-state index contributed by atoms with van der Waals surface area (Å²) in [6, 6.07) is 5.84. The summed E-state index contributed by atoms with van der Waals surface area (Å²) in [5.74, 6) is 1.46. The molecule has 2 rings (SSSR count). The number of hydrogen-bond acceptors (Lipinski definition) is 3. The highest BCUT2D eigenvalue weighted by atomic mass is 35.5. The summed E-state index contributed by atoms with van der Waals surface area (Å²) in [6.07, 6.45) is 0. The maximum Gasteiger partial charge on any atom is 0.224 e. The van der Waals surface area contributed by atoms with E-state index in [1.807, 2.05) is 45.9 Å². The van der Waals surface area contributed by atoms with E-state index in [2.05, 4.69) is 17.2 Å². The molecule has 1 N–H and O–H groups in total. The van der Waals surface area contributed by atoms with Gasteiger partial charge < -0.3 is 10.1 Å². The topological polar surface area (TPSA) is 34.2 Å². The lowest BCUT2D eigenvalue weighted by Gasteiger charge is -2.16. The average molecular weight is 305 g/mol. The van der Waals surface area contributed by atoms with Crippen molar-refractivity contribution in [1.82, 2.24) is 4.98 Å². The maximum atomic E-state index is 6.08. The van der Waals surface area contributed by atoms with Gasteiger partial charge in [0.15, 0.2) is 0 Å². The van der Waals surface area contributed by atoms with Crippen molar-refractivity contribution in [2.24, 2.45) is 0 Å². The van der Waals surface area contributed by atoms with Crippen LogP contribution >= 0.6 is 11.6 Å². The predicted octanol–water partition coefficient (Wildman–Crippen LogP) is 5.19. The van der Waals surface area contributed by atoms with Crippen LogP contribution < -0.4 is 10.1 Å². The van der Waals surface area contributed by atoms with Gasteiger partial charge in [0, 0.05) is 28.5 Å². The SMILES string of the molecule is CCNc1cc(C)nc(Oc2c(C)cc(Cl)cc2C)c1C. The molecule has 0 bridgehead atoms. The number of rotatable bonds is 4. The van der Waals surface area contributed by atoms with Crippen LogP contribution in [0, 0.1) is 27.7 Å². The minimum Gasteiger partial charge on any atom is -0.438 e. The molecule has 112 valence electrons. The minimum absolute atomic E-state index is 0.638. The zero-order valence-electron chi connectivity index (χ0n) is 13.2. The summed E-state index contributed by atoms with van der Waals surface area (Å²) in [5, 5.41) is 4.06. The quantitative estimate of drug-likeness (QED) is 0.843. The first-order valence-corrected chi connectivity index (χ1v) is 7.47. The van der Waals surface area contributed by atoms with Gasteiger partial charge in [-0.2, -0.15) is 0 Å². The van der Waals surface area contributed by atoms with E-state index in [0.29, 0.717) is 5.88 Å². The zero-order chi connectivity index (χ0) is 15.6. The largest absolute Gasteiger partial charge is 0.438 e. The number of ether oxygens (including phenoxy) is 1. The molecule has 0 aliphatic carbocycles. The molecule has 0 spiro atoms. The maximum absolute atomic E-state index is 6.08. The predicted molar refractivity (Wildman–Crippen MR) is 88.9 cm³/mol. The van der Waals surface area contributed by atoms with Crippen molar-refractivity contribution in [2.45, 2.75) is 34.6 Å². The Kier molecular flexibility index (Phi) is 4.73. The van der Waals surface area contributed by atoms with Crippen LogP contribution in [0.5, 0.6) is 11.6 Å². The van der Waals surface area contributed by atoms with E-state index < -0.39 is 0 Å². The van der Waals surface area contributed by atoms with Crippen LogP contribution in [-0.2, 0) is 0 Å². The van der Waals surface area contributed by atoms with E-state index in [9.17, 15) is 0 Å². The van der Waals surface area contributed by atoms with Gasteiger partial charge in [-0.1, -0.05) is 11.6 Å². The lowest BCUT2D eigenvalue weighted by atomic mass is 10.1. The zero-order valence-corrected chi connectivity index (χ0v) is 13.9. The van der Waals surface area contributed by atoms with Crippen LogP contribution in [-0.4, -0.2) is 11.5 Å². The van der Waals surface area contributed by atoms with Gasteiger partial charge >= 0.3 is 0 Å². The van der Waals surface area contributed by atoms with Crippen molar-refractivity contribution in [1.29, 1.82) is 0 Å². The number of nitrogens with zero attached hydrogens (tertiary/aromatic N) is 1. The number of aryl methyl sites for hydroxylation is 3. The van der Waals surface area contributed by atoms with Gasteiger partial charge in [-0.15, -0.1) is 0 Å². The number of halogens is 1. The Morgan fingerprint density at radius 2 is 1.71 bits per heavy atom. The van der Waals surface area contributed by atoms with Crippen LogP contribution in [0.3, 0.4) is 0 Å². The van der Waals surface area contributed by atoms with E-state index in [4.69, 9.17) is 16.3 Å². The molecule has 0 atom stereocenters. The van der Waals surface area contributed by atoms with Crippen LogP contribution in [0.2, 0.25) is 5.02 Å². The summed E-state index contributed by atoms with van der Waals surface area (Å²) < 4.78 is 6.08. The fourth-order valence-electron chi connectivity index (χ4n) is 2.34. The number of benzene rings is 1. The first-order valence-electron chi connectivity index (χ1n) is 7.09. The average Bonchev–Trinajstić information content (AvgIpc) is 2.39. The molecule has 1 heterocycles. The molecule has 0 aliphatic rings.